The number of nitrogens with one attached hydrogen (secondary N) is 1. The molecule has 1 saturated heterocycles. The number of halogens is 2. The van der Waals surface area contributed by atoms with Gasteiger partial charge in [0.2, 0.25) is 11.8 Å². The van der Waals surface area contributed by atoms with Crippen molar-refractivity contribution in [1.82, 2.24) is 10.2 Å². The molecule has 0 spiro atoms. The normalized spacial score (nSPS) is 19.8. The Bertz CT molecular complexity index is 857. The number of amides is 2. The highest BCUT2D eigenvalue weighted by molar-refractivity contribution is 5.96. The minimum Gasteiger partial charge on any atom is -0.391 e. The Kier molecular flexibility index (Phi) is 8.59. The Labute approximate surface area is 195 Å². The minimum absolute atomic E-state index is 0.0426. The molecule has 1 aliphatic rings. The Morgan fingerprint density at radius 2 is 1.94 bits per heavy atom. The second-order valence-corrected chi connectivity index (χ2v) is 10.9. The molecule has 9 heteroatoms. The number of carbonyl (C=O) groups excluding carboxylic acids is 2. The van der Waals surface area contributed by atoms with Crippen LogP contribution in [0, 0.1) is 23.0 Å². The molecular weight excluding hydrogens is 430 g/mol. The number of hydrogen-bond acceptors (Lipinski definition) is 5. The van der Waals surface area contributed by atoms with E-state index < -0.39 is 35.2 Å². The summed E-state index contributed by atoms with van der Waals surface area (Å²) in [6.07, 6.45) is -0.745. The minimum atomic E-state index is -0.940. The number of piperazine rings is 1. The number of anilines is 1. The van der Waals surface area contributed by atoms with Gasteiger partial charge in [0.05, 0.1) is 18.3 Å². The van der Waals surface area contributed by atoms with Gasteiger partial charge in [-0.15, -0.1) is 0 Å². The number of benzene rings is 1. The Hall–Kier alpha value is -2.10. The molecule has 1 aromatic carbocycles. The third-order valence-electron chi connectivity index (χ3n) is 5.99. The predicted octanol–water partition coefficient (Wildman–Crippen LogP) is 2.27. The molecule has 2 rings (SSSR count). The molecular formula is C24H38F2N4O3. The van der Waals surface area contributed by atoms with Crippen molar-refractivity contribution in [3.05, 3.63) is 29.8 Å². The van der Waals surface area contributed by atoms with Crippen molar-refractivity contribution in [1.29, 1.82) is 0 Å². The van der Waals surface area contributed by atoms with Crippen molar-refractivity contribution in [2.45, 2.75) is 65.6 Å². The van der Waals surface area contributed by atoms with Crippen LogP contribution < -0.4 is 16.0 Å². The number of hydrogen-bond donors (Lipinski definition) is 3. The maximum atomic E-state index is 14.2. The number of nitrogens with zero attached hydrogens (tertiary/aromatic N) is 2. The first-order valence-electron chi connectivity index (χ1n) is 11.3. The zero-order chi connectivity index (χ0) is 25.1. The van der Waals surface area contributed by atoms with Gasteiger partial charge in [0.1, 0.15) is 11.6 Å². The molecule has 2 amide bonds. The van der Waals surface area contributed by atoms with Gasteiger partial charge in [-0.05, 0) is 37.8 Å². The molecule has 1 aliphatic heterocycles. The van der Waals surface area contributed by atoms with Crippen molar-refractivity contribution in [3.63, 3.8) is 0 Å². The van der Waals surface area contributed by atoms with Crippen LogP contribution in [-0.4, -0.2) is 65.7 Å². The van der Waals surface area contributed by atoms with Crippen LogP contribution >= 0.6 is 0 Å². The fraction of sp³-hybridized carbons (Fsp3) is 0.667. The van der Waals surface area contributed by atoms with Crippen LogP contribution in [0.25, 0.3) is 0 Å². The van der Waals surface area contributed by atoms with E-state index in [1.54, 1.807) is 6.92 Å². The van der Waals surface area contributed by atoms with Gasteiger partial charge in [-0.1, -0.05) is 27.7 Å². The van der Waals surface area contributed by atoms with Crippen molar-refractivity contribution in [3.8, 4) is 0 Å². The molecule has 0 aromatic heterocycles. The largest absolute Gasteiger partial charge is 0.391 e. The molecule has 1 heterocycles. The van der Waals surface area contributed by atoms with E-state index in [0.717, 1.165) is 18.2 Å². The Balaban J connectivity index is 1.99. The van der Waals surface area contributed by atoms with Gasteiger partial charge in [-0.25, -0.2) is 8.78 Å². The van der Waals surface area contributed by atoms with Crippen molar-refractivity contribution >= 4 is 17.5 Å². The second-order valence-electron chi connectivity index (χ2n) is 10.9. The van der Waals surface area contributed by atoms with E-state index in [1.165, 1.54) is 4.90 Å². The zero-order valence-electron chi connectivity index (χ0n) is 20.5. The SMILES string of the molecule is C[C@H](C[C@H](O)[C@@H](N)CN1CC(=O)N(c2cc(F)ccc2F)CC1(C)C)C(=O)NCC(C)(C)C. The first-order valence-corrected chi connectivity index (χ1v) is 11.3. The Morgan fingerprint density at radius 1 is 1.30 bits per heavy atom. The first-order chi connectivity index (χ1) is 15.1. The Morgan fingerprint density at radius 3 is 2.55 bits per heavy atom. The highest BCUT2D eigenvalue weighted by Gasteiger charge is 2.40. The number of aliphatic hydroxyl groups is 1. The number of nitrogens with two attached hydrogens (primary N) is 1. The van der Waals surface area contributed by atoms with Crippen molar-refractivity contribution < 1.29 is 23.5 Å². The topological polar surface area (TPSA) is 98.9 Å². The summed E-state index contributed by atoms with van der Waals surface area (Å²) in [7, 11) is 0. The maximum absolute atomic E-state index is 14.2. The van der Waals surface area contributed by atoms with Gasteiger partial charge in [0.15, 0.2) is 0 Å². The van der Waals surface area contributed by atoms with Gasteiger partial charge in [0.25, 0.3) is 0 Å². The van der Waals surface area contributed by atoms with Gasteiger partial charge >= 0.3 is 0 Å². The van der Waals surface area contributed by atoms with E-state index in [0.29, 0.717) is 6.54 Å². The van der Waals surface area contributed by atoms with Crippen LogP contribution in [0.4, 0.5) is 14.5 Å². The molecule has 3 atom stereocenters. The van der Waals surface area contributed by atoms with Gasteiger partial charge < -0.3 is 21.1 Å². The number of carbonyl (C=O) groups is 2. The molecule has 0 radical (unpaired) electrons. The van der Waals surface area contributed by atoms with Crippen LogP contribution in [0.15, 0.2) is 18.2 Å². The van der Waals surface area contributed by atoms with Gasteiger partial charge in [-0.3, -0.25) is 14.5 Å². The van der Waals surface area contributed by atoms with E-state index in [1.807, 2.05) is 39.5 Å². The molecule has 0 unspecified atom stereocenters. The van der Waals surface area contributed by atoms with Crippen LogP contribution in [0.2, 0.25) is 0 Å². The summed E-state index contributed by atoms with van der Waals surface area (Å²) in [5, 5.41) is 13.5. The molecule has 1 aromatic rings. The van der Waals surface area contributed by atoms with Gasteiger partial charge in [-0.2, -0.15) is 0 Å². The second kappa shape index (κ2) is 10.4. The third-order valence-corrected chi connectivity index (χ3v) is 5.99. The lowest BCUT2D eigenvalue weighted by atomic mass is 9.93. The predicted molar refractivity (Wildman–Crippen MR) is 125 cm³/mol. The summed E-state index contributed by atoms with van der Waals surface area (Å²) in [6, 6.07) is 2.34. The zero-order valence-corrected chi connectivity index (χ0v) is 20.5. The molecule has 0 saturated carbocycles. The molecule has 7 nitrogen and oxygen atoms in total. The summed E-state index contributed by atoms with van der Waals surface area (Å²) >= 11 is 0. The number of rotatable bonds is 8. The molecule has 0 bridgehead atoms. The molecule has 33 heavy (non-hydrogen) atoms. The molecule has 4 N–H and O–H groups in total. The fourth-order valence-corrected chi connectivity index (χ4v) is 3.81. The van der Waals surface area contributed by atoms with E-state index in [-0.39, 0.29) is 49.0 Å². The van der Waals surface area contributed by atoms with E-state index in [4.69, 9.17) is 5.73 Å². The maximum Gasteiger partial charge on any atom is 0.241 e. The average molecular weight is 469 g/mol. The molecule has 0 aliphatic carbocycles. The smallest absolute Gasteiger partial charge is 0.241 e. The quantitative estimate of drug-likeness (QED) is 0.544. The first kappa shape index (κ1) is 27.1. The highest BCUT2D eigenvalue weighted by Crippen LogP contribution is 2.29. The summed E-state index contributed by atoms with van der Waals surface area (Å²) in [6.45, 7) is 12.4. The summed E-state index contributed by atoms with van der Waals surface area (Å²) < 4.78 is 27.9. The average Bonchev–Trinajstić information content (AvgIpc) is 2.69. The summed E-state index contributed by atoms with van der Waals surface area (Å²) in [4.78, 5) is 28.2. The highest BCUT2D eigenvalue weighted by atomic mass is 19.1. The molecule has 1 fully saturated rings. The van der Waals surface area contributed by atoms with Crippen molar-refractivity contribution in [2.75, 3.05) is 31.1 Å². The lowest BCUT2D eigenvalue weighted by Gasteiger charge is -2.47. The standard InChI is InChI=1S/C24H38F2N4O3/c1-15(22(33)28-13-23(2,3)4)9-20(31)18(27)11-29-12-21(32)30(14-24(29,5)6)19-10-16(25)7-8-17(19)26/h7-8,10,15,18,20,31H,9,11-14,27H2,1-6H3,(H,28,33)/t15-,18+,20+/m1/s1. The third kappa shape index (κ3) is 7.45. The lowest BCUT2D eigenvalue weighted by molar-refractivity contribution is -0.126. The summed E-state index contributed by atoms with van der Waals surface area (Å²) in [5.74, 6) is -2.23. The van der Waals surface area contributed by atoms with Crippen LogP contribution in [-0.2, 0) is 9.59 Å². The van der Waals surface area contributed by atoms with Crippen LogP contribution in [0.3, 0.4) is 0 Å². The molecule has 186 valence electrons. The van der Waals surface area contributed by atoms with E-state index in [2.05, 4.69) is 5.32 Å². The van der Waals surface area contributed by atoms with E-state index >= 15 is 0 Å². The van der Waals surface area contributed by atoms with Crippen molar-refractivity contribution in [2.24, 2.45) is 17.1 Å². The lowest BCUT2D eigenvalue weighted by Crippen LogP contribution is -2.64. The van der Waals surface area contributed by atoms with E-state index in [9.17, 15) is 23.5 Å². The van der Waals surface area contributed by atoms with Crippen LogP contribution in [0.1, 0.15) is 48.0 Å². The van der Waals surface area contributed by atoms with Crippen LogP contribution in [0.5, 0.6) is 0 Å². The monoisotopic (exact) mass is 468 g/mol. The van der Waals surface area contributed by atoms with Gasteiger partial charge in [0, 0.05) is 43.2 Å². The fourth-order valence-electron chi connectivity index (χ4n) is 3.81. The summed E-state index contributed by atoms with van der Waals surface area (Å²) in [5.41, 5.74) is 5.51. The number of aliphatic hydroxyl groups excluding tert-OH is 1.